The van der Waals surface area contributed by atoms with Gasteiger partial charge in [-0.25, -0.2) is 0 Å². The first-order valence-corrected chi connectivity index (χ1v) is 7.95. The summed E-state index contributed by atoms with van der Waals surface area (Å²) in [6.45, 7) is 5.15. The van der Waals surface area contributed by atoms with Gasteiger partial charge in [-0.2, -0.15) is 0 Å². The maximum atomic E-state index is 12.3. The molecule has 1 N–H and O–H groups in total. The van der Waals surface area contributed by atoms with Crippen LogP contribution in [-0.2, 0) is 0 Å². The molecule has 0 radical (unpaired) electrons. The molecule has 3 heteroatoms. The standard InChI is InChI=1S/C20H21NO2/c1-20(2)12-17(20)13-21-19(23)16-10-8-15(9-11-16)18(22)14-6-4-3-5-7-14/h3-11,17H,12-13H2,1-2H3,(H,21,23)/t17-/m1/s1. The van der Waals surface area contributed by atoms with Gasteiger partial charge in [-0.05, 0) is 29.9 Å². The zero-order valence-electron chi connectivity index (χ0n) is 13.5. The van der Waals surface area contributed by atoms with E-state index in [-0.39, 0.29) is 11.7 Å². The predicted octanol–water partition coefficient (Wildman–Crippen LogP) is 3.69. The fourth-order valence-electron chi connectivity index (χ4n) is 2.77. The minimum atomic E-state index is -0.0774. The van der Waals surface area contributed by atoms with E-state index in [1.54, 1.807) is 36.4 Å². The molecule has 1 aliphatic rings. The van der Waals surface area contributed by atoms with E-state index in [4.69, 9.17) is 0 Å². The molecule has 118 valence electrons. The van der Waals surface area contributed by atoms with Crippen molar-refractivity contribution in [3.8, 4) is 0 Å². The maximum Gasteiger partial charge on any atom is 0.251 e. The van der Waals surface area contributed by atoms with Gasteiger partial charge >= 0.3 is 0 Å². The monoisotopic (exact) mass is 307 g/mol. The SMILES string of the molecule is CC1(C)C[C@@H]1CNC(=O)c1ccc(C(=O)c2ccccc2)cc1. The molecule has 1 saturated carbocycles. The quantitative estimate of drug-likeness (QED) is 0.856. The van der Waals surface area contributed by atoms with Crippen molar-refractivity contribution >= 4 is 11.7 Å². The molecule has 3 nitrogen and oxygen atoms in total. The molecule has 0 spiro atoms. The van der Waals surface area contributed by atoms with Gasteiger partial charge in [-0.1, -0.05) is 56.3 Å². The van der Waals surface area contributed by atoms with Crippen LogP contribution in [0.4, 0.5) is 0 Å². The van der Waals surface area contributed by atoms with Crippen LogP contribution in [0.25, 0.3) is 0 Å². The van der Waals surface area contributed by atoms with Crippen LogP contribution in [0.3, 0.4) is 0 Å². The minimum absolute atomic E-state index is 0.0303. The topological polar surface area (TPSA) is 46.2 Å². The molecule has 1 fully saturated rings. The van der Waals surface area contributed by atoms with E-state index >= 15 is 0 Å². The average molecular weight is 307 g/mol. The highest BCUT2D eigenvalue weighted by Crippen LogP contribution is 2.50. The molecule has 2 aromatic rings. The first-order chi connectivity index (χ1) is 11.0. The summed E-state index contributed by atoms with van der Waals surface area (Å²) in [7, 11) is 0. The van der Waals surface area contributed by atoms with E-state index in [0.29, 0.717) is 28.0 Å². The summed E-state index contributed by atoms with van der Waals surface area (Å²) in [5, 5.41) is 2.97. The summed E-state index contributed by atoms with van der Waals surface area (Å²) in [4.78, 5) is 24.5. The Labute approximate surface area is 136 Å². The highest BCUT2D eigenvalue weighted by atomic mass is 16.1. The number of carbonyl (C=O) groups is 2. The Bertz CT molecular complexity index is 717. The van der Waals surface area contributed by atoms with Crippen LogP contribution < -0.4 is 5.32 Å². The van der Waals surface area contributed by atoms with Crippen molar-refractivity contribution in [3.63, 3.8) is 0 Å². The van der Waals surface area contributed by atoms with Crippen LogP contribution in [-0.4, -0.2) is 18.2 Å². The number of nitrogens with one attached hydrogen (secondary N) is 1. The fraction of sp³-hybridized carbons (Fsp3) is 0.300. The van der Waals surface area contributed by atoms with Gasteiger partial charge in [0.15, 0.2) is 5.78 Å². The summed E-state index contributed by atoms with van der Waals surface area (Å²) < 4.78 is 0. The highest BCUT2D eigenvalue weighted by molar-refractivity contribution is 6.09. The summed E-state index contributed by atoms with van der Waals surface area (Å²) in [5.41, 5.74) is 2.20. The van der Waals surface area contributed by atoms with E-state index in [0.717, 1.165) is 13.0 Å². The largest absolute Gasteiger partial charge is 0.352 e. The molecule has 0 unspecified atom stereocenters. The molecule has 3 rings (SSSR count). The molecule has 2 aromatic carbocycles. The van der Waals surface area contributed by atoms with Gasteiger partial charge in [0.2, 0.25) is 0 Å². The van der Waals surface area contributed by atoms with Gasteiger partial charge in [0.1, 0.15) is 0 Å². The van der Waals surface area contributed by atoms with Gasteiger partial charge in [0, 0.05) is 23.2 Å². The molecule has 23 heavy (non-hydrogen) atoms. The second-order valence-corrected chi connectivity index (χ2v) is 6.87. The lowest BCUT2D eigenvalue weighted by molar-refractivity contribution is 0.0949. The van der Waals surface area contributed by atoms with Crippen molar-refractivity contribution in [2.45, 2.75) is 20.3 Å². The average Bonchev–Trinajstić information content (AvgIpc) is 3.20. The van der Waals surface area contributed by atoms with Crippen LogP contribution in [0.2, 0.25) is 0 Å². The molecule has 1 aliphatic carbocycles. The van der Waals surface area contributed by atoms with Crippen molar-refractivity contribution in [3.05, 3.63) is 71.3 Å². The number of ketones is 1. The van der Waals surface area contributed by atoms with Crippen molar-refractivity contribution in [1.82, 2.24) is 5.32 Å². The lowest BCUT2D eigenvalue weighted by Gasteiger charge is -2.07. The fourth-order valence-corrected chi connectivity index (χ4v) is 2.77. The van der Waals surface area contributed by atoms with E-state index in [1.807, 2.05) is 18.2 Å². The Morgan fingerprint density at radius 1 is 0.957 bits per heavy atom. The first kappa shape index (κ1) is 15.5. The number of amides is 1. The molecule has 0 saturated heterocycles. The molecule has 0 aliphatic heterocycles. The molecule has 1 amide bonds. The third kappa shape index (κ3) is 3.50. The van der Waals surface area contributed by atoms with Gasteiger partial charge in [-0.15, -0.1) is 0 Å². The van der Waals surface area contributed by atoms with Crippen LogP contribution in [0.15, 0.2) is 54.6 Å². The van der Waals surface area contributed by atoms with Crippen molar-refractivity contribution in [1.29, 1.82) is 0 Å². The minimum Gasteiger partial charge on any atom is -0.352 e. The number of hydrogen-bond donors (Lipinski definition) is 1. The lowest BCUT2D eigenvalue weighted by Crippen LogP contribution is -2.26. The third-order valence-electron chi connectivity index (χ3n) is 4.67. The summed E-state index contributed by atoms with van der Waals surface area (Å²) >= 11 is 0. The van der Waals surface area contributed by atoms with Crippen molar-refractivity contribution < 1.29 is 9.59 Å². The van der Waals surface area contributed by atoms with Gasteiger partial charge < -0.3 is 5.32 Å². The second-order valence-electron chi connectivity index (χ2n) is 6.87. The molecule has 0 aromatic heterocycles. The van der Waals surface area contributed by atoms with Crippen molar-refractivity contribution in [2.75, 3.05) is 6.54 Å². The van der Waals surface area contributed by atoms with Crippen LogP contribution in [0.5, 0.6) is 0 Å². The Morgan fingerprint density at radius 2 is 1.48 bits per heavy atom. The Kier molecular flexibility index (Phi) is 4.03. The van der Waals surface area contributed by atoms with Gasteiger partial charge in [-0.3, -0.25) is 9.59 Å². The summed E-state index contributed by atoms with van der Waals surface area (Å²) in [5.74, 6) is 0.467. The van der Waals surface area contributed by atoms with Crippen LogP contribution >= 0.6 is 0 Å². The van der Waals surface area contributed by atoms with Gasteiger partial charge in [0.25, 0.3) is 5.91 Å². The molecular formula is C20H21NO2. The Morgan fingerprint density at radius 3 is 2.04 bits per heavy atom. The zero-order valence-corrected chi connectivity index (χ0v) is 13.5. The smallest absolute Gasteiger partial charge is 0.251 e. The van der Waals surface area contributed by atoms with Gasteiger partial charge in [0.05, 0.1) is 0 Å². The van der Waals surface area contributed by atoms with Crippen molar-refractivity contribution in [2.24, 2.45) is 11.3 Å². The van der Waals surface area contributed by atoms with E-state index in [2.05, 4.69) is 19.2 Å². The molecule has 1 atom stereocenters. The number of hydrogen-bond acceptors (Lipinski definition) is 2. The first-order valence-electron chi connectivity index (χ1n) is 7.95. The lowest BCUT2D eigenvalue weighted by atomic mass is 10.0. The van der Waals surface area contributed by atoms with Crippen LogP contribution in [0.1, 0.15) is 46.5 Å². The number of rotatable bonds is 5. The van der Waals surface area contributed by atoms with E-state index in [1.165, 1.54) is 0 Å². The number of carbonyl (C=O) groups excluding carboxylic acids is 2. The highest BCUT2D eigenvalue weighted by Gasteiger charge is 2.45. The normalized spacial score (nSPS) is 18.3. The van der Waals surface area contributed by atoms with E-state index in [9.17, 15) is 9.59 Å². The third-order valence-corrected chi connectivity index (χ3v) is 4.67. The summed E-state index contributed by atoms with van der Waals surface area (Å²) in [6, 6.07) is 16.0. The number of benzene rings is 2. The van der Waals surface area contributed by atoms with E-state index < -0.39 is 0 Å². The Balaban J connectivity index is 1.63. The Hall–Kier alpha value is -2.42. The second kappa shape index (κ2) is 5.99. The van der Waals surface area contributed by atoms with Crippen LogP contribution in [0, 0.1) is 11.3 Å². The predicted molar refractivity (Wildman–Crippen MR) is 90.5 cm³/mol. The zero-order chi connectivity index (χ0) is 16.4. The maximum absolute atomic E-state index is 12.3. The molecule has 0 bridgehead atoms. The molecular weight excluding hydrogens is 286 g/mol. The summed E-state index contributed by atoms with van der Waals surface area (Å²) in [6.07, 6.45) is 1.16. The molecule has 0 heterocycles.